The van der Waals surface area contributed by atoms with Gasteiger partial charge in [-0.25, -0.2) is 13.2 Å². The number of rotatable bonds is 6. The van der Waals surface area contributed by atoms with Gasteiger partial charge in [-0.1, -0.05) is 12.1 Å². The summed E-state index contributed by atoms with van der Waals surface area (Å²) in [7, 11) is 1.66. The lowest BCUT2D eigenvalue weighted by atomic mass is 9.79. The Bertz CT molecular complexity index is 812. The zero-order valence-electron chi connectivity index (χ0n) is 16.1. The van der Waals surface area contributed by atoms with Crippen LogP contribution in [0.25, 0.3) is 11.1 Å². The van der Waals surface area contributed by atoms with Crippen LogP contribution in [0.2, 0.25) is 0 Å². The quantitative estimate of drug-likeness (QED) is 0.685. The predicted molar refractivity (Wildman–Crippen MR) is 108 cm³/mol. The fraction of sp³-hybridized carbons (Fsp3) is 0.381. The zero-order valence-corrected chi connectivity index (χ0v) is 16.9. The van der Waals surface area contributed by atoms with Crippen LogP contribution in [-0.2, 0) is 4.74 Å². The van der Waals surface area contributed by atoms with Gasteiger partial charge in [0.1, 0.15) is 0 Å². The number of carbonyl (C=O) groups excluding carboxylic acids is 1. The van der Waals surface area contributed by atoms with Crippen LogP contribution in [0.1, 0.15) is 23.2 Å². The summed E-state index contributed by atoms with van der Waals surface area (Å²) in [5, 5.41) is 6.27. The van der Waals surface area contributed by atoms with Gasteiger partial charge < -0.3 is 15.4 Å². The van der Waals surface area contributed by atoms with Crippen molar-refractivity contribution < 1.29 is 22.7 Å². The molecule has 0 saturated carbocycles. The van der Waals surface area contributed by atoms with Crippen molar-refractivity contribution >= 4 is 18.3 Å². The van der Waals surface area contributed by atoms with Crippen molar-refractivity contribution in [2.75, 3.05) is 33.4 Å². The second-order valence-electron chi connectivity index (χ2n) is 7.20. The average molecular weight is 429 g/mol. The molecule has 0 aliphatic carbocycles. The first kappa shape index (κ1) is 23.2. The van der Waals surface area contributed by atoms with E-state index in [9.17, 15) is 18.0 Å². The molecule has 1 fully saturated rings. The van der Waals surface area contributed by atoms with E-state index in [2.05, 4.69) is 10.6 Å². The number of hydrogen-bond donors (Lipinski definition) is 2. The minimum atomic E-state index is -1.50. The van der Waals surface area contributed by atoms with Crippen molar-refractivity contribution in [1.29, 1.82) is 0 Å². The topological polar surface area (TPSA) is 50.4 Å². The van der Waals surface area contributed by atoms with Gasteiger partial charge in [0, 0.05) is 24.6 Å². The number of halogens is 4. The summed E-state index contributed by atoms with van der Waals surface area (Å²) in [6.45, 7) is 2.87. The minimum Gasteiger partial charge on any atom is -0.384 e. The molecular weight excluding hydrogens is 405 g/mol. The van der Waals surface area contributed by atoms with Crippen LogP contribution in [0.5, 0.6) is 0 Å². The van der Waals surface area contributed by atoms with E-state index in [1.165, 1.54) is 0 Å². The highest BCUT2D eigenvalue weighted by Gasteiger charge is 2.32. The second kappa shape index (κ2) is 10.1. The summed E-state index contributed by atoms with van der Waals surface area (Å²) >= 11 is 0. The van der Waals surface area contributed by atoms with Crippen molar-refractivity contribution in [3.05, 3.63) is 59.4 Å². The van der Waals surface area contributed by atoms with E-state index >= 15 is 0 Å². The smallest absolute Gasteiger partial charge is 0.251 e. The van der Waals surface area contributed by atoms with Crippen LogP contribution in [0.3, 0.4) is 0 Å². The molecule has 0 bridgehead atoms. The SMILES string of the molecule is COCC1(CNC(=O)c2ccc(-c3cc(F)c(F)c(F)c3)cc2)CCNCC1.Cl. The molecule has 2 aromatic carbocycles. The number of benzene rings is 2. The van der Waals surface area contributed by atoms with Crippen LogP contribution in [-0.4, -0.2) is 39.3 Å². The van der Waals surface area contributed by atoms with Crippen molar-refractivity contribution in [1.82, 2.24) is 10.6 Å². The van der Waals surface area contributed by atoms with Crippen molar-refractivity contribution in [2.24, 2.45) is 5.41 Å². The maximum Gasteiger partial charge on any atom is 0.251 e. The summed E-state index contributed by atoms with van der Waals surface area (Å²) in [6, 6.07) is 8.18. The Labute approximate surface area is 174 Å². The third-order valence-electron chi connectivity index (χ3n) is 5.20. The van der Waals surface area contributed by atoms with Gasteiger partial charge in [-0.3, -0.25) is 4.79 Å². The Kier molecular flexibility index (Phi) is 8.07. The Morgan fingerprint density at radius 1 is 1.07 bits per heavy atom. The van der Waals surface area contributed by atoms with Gasteiger partial charge in [0.2, 0.25) is 0 Å². The van der Waals surface area contributed by atoms with Crippen molar-refractivity contribution in [3.8, 4) is 11.1 Å². The lowest BCUT2D eigenvalue weighted by molar-refractivity contribution is 0.0512. The Balaban J connectivity index is 0.00000300. The molecule has 158 valence electrons. The summed E-state index contributed by atoms with van der Waals surface area (Å²) in [5.41, 5.74) is 1.05. The summed E-state index contributed by atoms with van der Waals surface area (Å²) < 4.78 is 45.3. The highest BCUT2D eigenvalue weighted by Crippen LogP contribution is 2.28. The zero-order chi connectivity index (χ0) is 20.1. The first-order valence-electron chi connectivity index (χ1n) is 9.17. The molecule has 4 nitrogen and oxygen atoms in total. The highest BCUT2D eigenvalue weighted by molar-refractivity contribution is 5.94. The number of piperidine rings is 1. The van der Waals surface area contributed by atoms with Crippen molar-refractivity contribution in [3.63, 3.8) is 0 Å². The van der Waals surface area contributed by atoms with Crippen LogP contribution < -0.4 is 10.6 Å². The standard InChI is InChI=1S/C21H23F3N2O2.ClH/c1-28-13-21(6-8-25-9-7-21)12-26-20(27)15-4-2-14(3-5-15)16-10-17(22)19(24)18(23)11-16;/h2-5,10-11,25H,6-9,12-13H2,1H3,(H,26,27);1H. The second-order valence-corrected chi connectivity index (χ2v) is 7.20. The van der Waals surface area contributed by atoms with Crippen LogP contribution in [0, 0.1) is 22.9 Å². The summed E-state index contributed by atoms with van der Waals surface area (Å²) in [6.07, 6.45) is 1.84. The highest BCUT2D eigenvalue weighted by atomic mass is 35.5. The van der Waals surface area contributed by atoms with E-state index in [0.29, 0.717) is 24.3 Å². The van der Waals surface area contributed by atoms with E-state index in [1.54, 1.807) is 31.4 Å². The number of ether oxygens (including phenoxy) is 1. The molecule has 0 atom stereocenters. The van der Waals surface area contributed by atoms with E-state index in [4.69, 9.17) is 4.74 Å². The molecule has 0 radical (unpaired) electrons. The molecule has 1 saturated heterocycles. The first-order chi connectivity index (χ1) is 13.4. The van der Waals surface area contributed by atoms with Crippen LogP contribution in [0.15, 0.2) is 36.4 Å². The monoisotopic (exact) mass is 428 g/mol. The van der Waals surface area contributed by atoms with E-state index in [0.717, 1.165) is 38.1 Å². The Hall–Kier alpha value is -2.09. The number of nitrogens with one attached hydrogen (secondary N) is 2. The van der Waals surface area contributed by atoms with Crippen molar-refractivity contribution in [2.45, 2.75) is 12.8 Å². The average Bonchev–Trinajstić information content (AvgIpc) is 2.71. The molecule has 0 unspecified atom stereocenters. The van der Waals surface area contributed by atoms with Crippen LogP contribution in [0.4, 0.5) is 13.2 Å². The third kappa shape index (κ3) is 5.50. The van der Waals surface area contributed by atoms with Gasteiger partial charge in [0.05, 0.1) is 6.61 Å². The van der Waals surface area contributed by atoms with Gasteiger partial charge in [0.25, 0.3) is 5.91 Å². The lowest BCUT2D eigenvalue weighted by Gasteiger charge is -2.37. The molecule has 1 amide bonds. The predicted octanol–water partition coefficient (Wildman–Crippen LogP) is 3.94. The Morgan fingerprint density at radius 3 is 2.21 bits per heavy atom. The van der Waals surface area contributed by atoms with E-state index in [1.807, 2.05) is 0 Å². The molecule has 29 heavy (non-hydrogen) atoms. The van der Waals surface area contributed by atoms with Gasteiger partial charge in [-0.15, -0.1) is 12.4 Å². The molecule has 0 aromatic heterocycles. The number of amides is 1. The molecule has 2 aromatic rings. The molecular formula is C21H24ClF3N2O2. The molecule has 3 rings (SSSR count). The number of hydrogen-bond acceptors (Lipinski definition) is 3. The molecule has 1 heterocycles. The molecule has 1 aliphatic rings. The summed E-state index contributed by atoms with van der Waals surface area (Å²) in [5.74, 6) is -4.22. The molecule has 0 spiro atoms. The van der Waals surface area contributed by atoms with Gasteiger partial charge in [0.15, 0.2) is 17.5 Å². The van der Waals surface area contributed by atoms with E-state index < -0.39 is 17.5 Å². The van der Waals surface area contributed by atoms with Gasteiger partial charge in [-0.2, -0.15) is 0 Å². The fourth-order valence-corrected chi connectivity index (χ4v) is 3.54. The summed E-state index contributed by atoms with van der Waals surface area (Å²) in [4.78, 5) is 12.5. The Morgan fingerprint density at radius 2 is 1.66 bits per heavy atom. The minimum absolute atomic E-state index is 0. The lowest BCUT2D eigenvalue weighted by Crippen LogP contribution is -2.47. The third-order valence-corrected chi connectivity index (χ3v) is 5.20. The van der Waals surface area contributed by atoms with Gasteiger partial charge in [-0.05, 0) is 61.3 Å². The number of carbonyl (C=O) groups is 1. The largest absolute Gasteiger partial charge is 0.384 e. The maximum absolute atomic E-state index is 13.4. The van der Waals surface area contributed by atoms with E-state index in [-0.39, 0.29) is 29.3 Å². The maximum atomic E-state index is 13.4. The molecule has 2 N–H and O–H groups in total. The fourth-order valence-electron chi connectivity index (χ4n) is 3.54. The normalized spacial score (nSPS) is 15.4. The van der Waals surface area contributed by atoms with Crippen LogP contribution >= 0.6 is 12.4 Å². The first-order valence-corrected chi connectivity index (χ1v) is 9.17. The molecule has 1 aliphatic heterocycles. The number of methoxy groups -OCH3 is 1. The molecule has 8 heteroatoms. The van der Waals surface area contributed by atoms with Gasteiger partial charge >= 0.3 is 0 Å².